The van der Waals surface area contributed by atoms with E-state index in [0.717, 1.165) is 64.2 Å². The summed E-state index contributed by atoms with van der Waals surface area (Å²) in [7, 11) is 0. The van der Waals surface area contributed by atoms with Crippen LogP contribution in [0.3, 0.4) is 0 Å². The Kier molecular flexibility index (Phi) is 18.3. The Hall–Kier alpha value is -1.23. The molecule has 252 valence electrons. The first-order valence-corrected chi connectivity index (χ1v) is 15.7. The average Bonchev–Trinajstić information content (AvgIpc) is 2.99. The van der Waals surface area contributed by atoms with E-state index in [-0.39, 0.29) is 12.5 Å². The van der Waals surface area contributed by atoms with Crippen LogP contribution in [0.25, 0.3) is 0 Å². The van der Waals surface area contributed by atoms with Crippen LogP contribution in [-0.2, 0) is 23.7 Å². The molecular weight excluding hydrogens is 568 g/mol. The average molecular weight is 623 g/mol. The van der Waals surface area contributed by atoms with E-state index in [0.29, 0.717) is 12.8 Å². The third kappa shape index (κ3) is 12.6. The van der Waals surface area contributed by atoms with Gasteiger partial charge in [0.1, 0.15) is 48.8 Å². The number of hydrogen-bond acceptors (Lipinski definition) is 12. The van der Waals surface area contributed by atoms with Crippen LogP contribution in [0.15, 0.2) is 12.2 Å². The van der Waals surface area contributed by atoms with Gasteiger partial charge < -0.3 is 59.8 Å². The number of aliphatic carboxylic acids is 1. The second-order valence-electron chi connectivity index (χ2n) is 11.5. The van der Waals surface area contributed by atoms with Crippen molar-refractivity contribution in [1.29, 1.82) is 0 Å². The van der Waals surface area contributed by atoms with Gasteiger partial charge in [0.05, 0.1) is 19.3 Å². The molecule has 13 heteroatoms. The number of hydrogen-bond donors (Lipinski definition) is 8. The molecule has 43 heavy (non-hydrogen) atoms. The largest absolute Gasteiger partial charge is 0.481 e. The zero-order valence-electron chi connectivity index (χ0n) is 25.2. The van der Waals surface area contributed by atoms with Crippen molar-refractivity contribution in [2.24, 2.45) is 0 Å². The van der Waals surface area contributed by atoms with Gasteiger partial charge in [-0.2, -0.15) is 0 Å². The fourth-order valence-corrected chi connectivity index (χ4v) is 5.32. The lowest BCUT2D eigenvalue weighted by molar-refractivity contribution is -0.371. The summed E-state index contributed by atoms with van der Waals surface area (Å²) in [6, 6.07) is 0. The van der Waals surface area contributed by atoms with Crippen molar-refractivity contribution in [3.8, 4) is 0 Å². The lowest BCUT2D eigenvalue weighted by Gasteiger charge is -2.46. The minimum atomic E-state index is -1.72. The fourth-order valence-electron chi connectivity index (χ4n) is 5.32. The topological polar surface area (TPSA) is 216 Å². The second-order valence-corrected chi connectivity index (χ2v) is 11.5. The van der Waals surface area contributed by atoms with E-state index in [9.17, 15) is 40.5 Å². The van der Waals surface area contributed by atoms with Gasteiger partial charge in [-0.15, -0.1) is 0 Å². The highest BCUT2D eigenvalue weighted by molar-refractivity contribution is 5.66. The Morgan fingerprint density at radius 2 is 1.26 bits per heavy atom. The maximum absolute atomic E-state index is 10.8. The first kappa shape index (κ1) is 38.0. The smallest absolute Gasteiger partial charge is 0.303 e. The highest BCUT2D eigenvalue weighted by atomic mass is 16.8. The van der Waals surface area contributed by atoms with E-state index >= 15 is 0 Å². The number of ether oxygens (including phenoxy) is 4. The maximum atomic E-state index is 10.8. The standard InChI is InChI=1S/C30H54O13/c1-2-19(15-13-11-9-7-5-3-4-6-8-10-12-14-16-22(33)34)40-30-28(26(38)24(36)21(18-32)42-30)43-29-27(39)25(37)23(35)20(17-31)41-29/h3,5,19-21,23-32,35-39H,2,4,6-18H2,1H3,(H,33,34)/b5-3+/t19?,20-,21-,23-,24-,25+,26+,27-,28-,29+,30-/m1/s1. The van der Waals surface area contributed by atoms with Crippen LogP contribution < -0.4 is 0 Å². The number of carbonyl (C=O) groups is 1. The molecule has 11 atom stereocenters. The molecule has 2 fully saturated rings. The van der Waals surface area contributed by atoms with Crippen LogP contribution in [0.1, 0.15) is 90.4 Å². The van der Waals surface area contributed by atoms with Gasteiger partial charge in [0, 0.05) is 6.42 Å². The van der Waals surface area contributed by atoms with E-state index in [1.807, 2.05) is 6.92 Å². The summed E-state index contributed by atoms with van der Waals surface area (Å²) in [4.78, 5) is 10.5. The van der Waals surface area contributed by atoms with E-state index in [1.54, 1.807) is 0 Å². The van der Waals surface area contributed by atoms with E-state index in [2.05, 4.69) is 12.2 Å². The molecule has 0 aliphatic carbocycles. The molecule has 0 aromatic carbocycles. The molecule has 0 spiro atoms. The lowest BCUT2D eigenvalue weighted by atomic mass is 9.97. The van der Waals surface area contributed by atoms with Crippen LogP contribution >= 0.6 is 0 Å². The van der Waals surface area contributed by atoms with Gasteiger partial charge >= 0.3 is 5.97 Å². The zero-order chi connectivity index (χ0) is 31.8. The molecule has 2 aliphatic rings. The normalized spacial score (nSPS) is 34.0. The number of carboxylic acids is 1. The molecule has 2 rings (SSSR count). The molecule has 0 amide bonds. The van der Waals surface area contributed by atoms with Crippen LogP contribution in [0.4, 0.5) is 0 Å². The van der Waals surface area contributed by atoms with Crippen molar-refractivity contribution in [2.75, 3.05) is 13.2 Å². The first-order chi connectivity index (χ1) is 20.6. The number of rotatable bonds is 21. The summed E-state index contributed by atoms with van der Waals surface area (Å²) in [5.41, 5.74) is 0. The molecule has 2 saturated heterocycles. The number of aliphatic hydroxyl groups excluding tert-OH is 7. The van der Waals surface area contributed by atoms with E-state index in [1.165, 1.54) is 0 Å². The molecule has 0 aromatic heterocycles. The predicted octanol–water partition coefficient (Wildman–Crippen LogP) is 0.728. The second kappa shape index (κ2) is 20.7. The highest BCUT2D eigenvalue weighted by Crippen LogP contribution is 2.31. The minimum Gasteiger partial charge on any atom is -0.481 e. The third-order valence-electron chi connectivity index (χ3n) is 8.07. The third-order valence-corrected chi connectivity index (χ3v) is 8.07. The lowest BCUT2D eigenvalue weighted by Crippen LogP contribution is -2.65. The molecule has 0 aromatic rings. The zero-order valence-corrected chi connectivity index (χ0v) is 25.2. The van der Waals surface area contributed by atoms with Crippen molar-refractivity contribution in [3.63, 3.8) is 0 Å². The van der Waals surface area contributed by atoms with Crippen LogP contribution in [0, 0.1) is 0 Å². The summed E-state index contributed by atoms with van der Waals surface area (Å²) >= 11 is 0. The van der Waals surface area contributed by atoms with Gasteiger partial charge in [-0.25, -0.2) is 0 Å². The summed E-state index contributed by atoms with van der Waals surface area (Å²) in [6.07, 6.45) is 0.828. The maximum Gasteiger partial charge on any atom is 0.303 e. The van der Waals surface area contributed by atoms with Gasteiger partial charge in [0.15, 0.2) is 12.6 Å². The number of carboxylic acid groups (broad SMARTS) is 1. The van der Waals surface area contributed by atoms with Gasteiger partial charge in [-0.05, 0) is 44.9 Å². The van der Waals surface area contributed by atoms with Gasteiger partial charge in [-0.1, -0.05) is 51.2 Å². The quantitative estimate of drug-likeness (QED) is 0.0655. The Balaban J connectivity index is 1.79. The molecule has 8 N–H and O–H groups in total. The Morgan fingerprint density at radius 3 is 1.84 bits per heavy atom. The Labute approximate surface area is 254 Å². The minimum absolute atomic E-state index is 0.247. The molecule has 2 heterocycles. The fraction of sp³-hybridized carbons (Fsp3) is 0.900. The van der Waals surface area contributed by atoms with Crippen molar-refractivity contribution in [2.45, 2.75) is 158 Å². The van der Waals surface area contributed by atoms with Crippen molar-refractivity contribution in [1.82, 2.24) is 0 Å². The van der Waals surface area contributed by atoms with E-state index < -0.39 is 80.6 Å². The Bertz CT molecular complexity index is 781. The SMILES string of the molecule is CCC(CCCCC/C=C/CCCCCCCC(=O)O)O[C@@H]1O[C@H](CO)[C@@H](O)[C@H](O)[C@H]1O[C@@H]1O[C@H](CO)[C@@H](O)[C@H](O)[C@H]1O. The van der Waals surface area contributed by atoms with E-state index in [4.69, 9.17) is 24.1 Å². The molecule has 0 saturated carbocycles. The highest BCUT2D eigenvalue weighted by Gasteiger charge is 2.51. The number of unbranched alkanes of at least 4 members (excludes halogenated alkanes) is 8. The number of allylic oxidation sites excluding steroid dienone is 2. The first-order valence-electron chi connectivity index (χ1n) is 15.7. The number of aliphatic hydroxyl groups is 7. The van der Waals surface area contributed by atoms with Crippen molar-refractivity contribution in [3.05, 3.63) is 12.2 Å². The molecule has 13 nitrogen and oxygen atoms in total. The molecule has 1 unspecified atom stereocenters. The van der Waals surface area contributed by atoms with Crippen molar-refractivity contribution >= 4 is 5.97 Å². The van der Waals surface area contributed by atoms with Gasteiger partial charge in [0.25, 0.3) is 0 Å². The summed E-state index contributed by atoms with van der Waals surface area (Å²) in [5, 5.41) is 79.5. The molecule has 2 aliphatic heterocycles. The monoisotopic (exact) mass is 622 g/mol. The molecular formula is C30H54O13. The Morgan fingerprint density at radius 1 is 0.721 bits per heavy atom. The predicted molar refractivity (Wildman–Crippen MR) is 154 cm³/mol. The molecule has 0 radical (unpaired) electrons. The van der Waals surface area contributed by atoms with Crippen molar-refractivity contribution < 1.29 is 64.6 Å². The van der Waals surface area contributed by atoms with Gasteiger partial charge in [0.2, 0.25) is 0 Å². The summed E-state index contributed by atoms with van der Waals surface area (Å²) in [5.74, 6) is -0.732. The molecule has 0 bridgehead atoms. The van der Waals surface area contributed by atoms with Crippen LogP contribution in [0.2, 0.25) is 0 Å². The van der Waals surface area contributed by atoms with Crippen LogP contribution in [-0.4, -0.2) is 128 Å². The summed E-state index contributed by atoms with van der Waals surface area (Å²) in [6.45, 7) is 0.696. The van der Waals surface area contributed by atoms with Gasteiger partial charge in [-0.3, -0.25) is 4.79 Å². The summed E-state index contributed by atoms with van der Waals surface area (Å²) < 4.78 is 23.0. The van der Waals surface area contributed by atoms with Crippen LogP contribution in [0.5, 0.6) is 0 Å².